The lowest BCUT2D eigenvalue weighted by Crippen LogP contribution is -2.45. The molecule has 1 aliphatic rings. The molecule has 0 saturated carbocycles. The van der Waals surface area contributed by atoms with Gasteiger partial charge in [-0.3, -0.25) is 9.98 Å². The maximum absolute atomic E-state index is 10.3. The van der Waals surface area contributed by atoms with Crippen LogP contribution in [0, 0.1) is 0 Å². The van der Waals surface area contributed by atoms with Crippen molar-refractivity contribution < 1.29 is 10.0 Å². The van der Waals surface area contributed by atoms with Crippen LogP contribution >= 0.6 is 0 Å². The van der Waals surface area contributed by atoms with E-state index in [9.17, 15) is 10.0 Å². The molecule has 1 aliphatic heterocycles. The summed E-state index contributed by atoms with van der Waals surface area (Å²) in [6, 6.07) is 21.1. The van der Waals surface area contributed by atoms with Crippen molar-refractivity contribution in [2.24, 2.45) is 4.99 Å². The molecule has 1 unspecified atom stereocenters. The van der Waals surface area contributed by atoms with E-state index < -0.39 is 12.6 Å². The highest BCUT2D eigenvalue weighted by Crippen LogP contribution is 2.32. The van der Waals surface area contributed by atoms with E-state index in [1.54, 1.807) is 24.5 Å². The lowest BCUT2D eigenvalue weighted by Gasteiger charge is -2.29. The van der Waals surface area contributed by atoms with Gasteiger partial charge in [-0.15, -0.1) is 0 Å². The van der Waals surface area contributed by atoms with Gasteiger partial charge in [-0.25, -0.2) is 4.98 Å². The van der Waals surface area contributed by atoms with Gasteiger partial charge in [0, 0.05) is 28.7 Å². The Labute approximate surface area is 167 Å². The molecule has 4 aromatic rings. The lowest BCUT2D eigenvalue weighted by atomic mass is 9.62. The molecule has 0 fully saturated rings. The molecule has 0 radical (unpaired) electrons. The van der Waals surface area contributed by atoms with Gasteiger partial charge >= 0.3 is 7.12 Å². The van der Waals surface area contributed by atoms with Gasteiger partial charge in [0.25, 0.3) is 0 Å². The number of nitrogens with one attached hydrogen (secondary N) is 1. The molecule has 2 aromatic carbocycles. The summed E-state index contributed by atoms with van der Waals surface area (Å²) >= 11 is 0. The van der Waals surface area contributed by atoms with Crippen molar-refractivity contribution in [1.82, 2.24) is 15.3 Å². The Morgan fingerprint density at radius 3 is 2.38 bits per heavy atom. The molecule has 6 nitrogen and oxygen atoms in total. The first-order valence-corrected chi connectivity index (χ1v) is 9.28. The van der Waals surface area contributed by atoms with Gasteiger partial charge in [-0.1, -0.05) is 54.6 Å². The Morgan fingerprint density at radius 1 is 0.828 bits per heavy atom. The number of nitrogens with zero attached hydrogens (tertiary/aromatic N) is 3. The molecule has 1 atom stereocenters. The molecule has 2 aromatic heterocycles. The van der Waals surface area contributed by atoms with E-state index in [0.29, 0.717) is 17.0 Å². The molecule has 0 bridgehead atoms. The third-order valence-corrected chi connectivity index (χ3v) is 5.14. The van der Waals surface area contributed by atoms with Crippen molar-refractivity contribution in [1.29, 1.82) is 0 Å². The first kappa shape index (κ1) is 17.5. The Bertz CT molecular complexity index is 1270. The van der Waals surface area contributed by atoms with E-state index >= 15 is 0 Å². The van der Waals surface area contributed by atoms with Gasteiger partial charge in [0.2, 0.25) is 0 Å². The number of aromatic nitrogens is 2. The van der Waals surface area contributed by atoms with Crippen LogP contribution in [0.5, 0.6) is 0 Å². The number of hydrogen-bond acceptors (Lipinski definition) is 6. The average Bonchev–Trinajstić information content (AvgIpc) is 2.79. The van der Waals surface area contributed by atoms with Crippen LogP contribution in [0.3, 0.4) is 0 Å². The van der Waals surface area contributed by atoms with Crippen LogP contribution in [0.4, 0.5) is 0 Å². The number of rotatable bonds is 3. The molecule has 0 spiro atoms. The average molecular weight is 380 g/mol. The van der Waals surface area contributed by atoms with Gasteiger partial charge in [0.05, 0.1) is 16.7 Å². The van der Waals surface area contributed by atoms with E-state index in [-0.39, 0.29) is 0 Å². The summed E-state index contributed by atoms with van der Waals surface area (Å²) in [4.78, 5) is 13.9. The molecule has 29 heavy (non-hydrogen) atoms. The molecular formula is C22H17BN4O2. The van der Waals surface area contributed by atoms with Gasteiger partial charge in [-0.05, 0) is 18.2 Å². The Kier molecular flexibility index (Phi) is 4.12. The quantitative estimate of drug-likeness (QED) is 0.375. The molecule has 0 amide bonds. The maximum Gasteiger partial charge on any atom is 0.492 e. The molecule has 5 rings (SSSR count). The van der Waals surface area contributed by atoms with Crippen molar-refractivity contribution >= 4 is 34.8 Å². The summed E-state index contributed by atoms with van der Waals surface area (Å²) in [6.07, 6.45) is 5.02. The van der Waals surface area contributed by atoms with E-state index in [1.165, 1.54) is 0 Å². The third-order valence-electron chi connectivity index (χ3n) is 5.14. The second-order valence-corrected chi connectivity index (χ2v) is 6.91. The molecule has 140 valence electrons. The monoisotopic (exact) mass is 380 g/mol. The van der Waals surface area contributed by atoms with Gasteiger partial charge in [-0.2, -0.15) is 0 Å². The van der Waals surface area contributed by atoms with E-state index in [4.69, 9.17) is 4.98 Å². The lowest BCUT2D eigenvalue weighted by molar-refractivity contribution is 0.363. The maximum atomic E-state index is 10.3. The second kappa shape index (κ2) is 6.81. The third kappa shape index (κ3) is 2.88. The first-order valence-electron chi connectivity index (χ1n) is 9.28. The highest BCUT2D eigenvalue weighted by atomic mass is 16.4. The fourth-order valence-corrected chi connectivity index (χ4v) is 3.61. The van der Waals surface area contributed by atoms with Crippen LogP contribution in [0.25, 0.3) is 21.8 Å². The predicted molar refractivity (Wildman–Crippen MR) is 114 cm³/mol. The van der Waals surface area contributed by atoms with Crippen molar-refractivity contribution in [2.75, 3.05) is 0 Å². The SMILES string of the molecule is OB(O)C1(c2ccc3ccc4cccnc4c3n2)C=CNC(c2ccccc2)=N1. The molecule has 3 heterocycles. The molecular weight excluding hydrogens is 363 g/mol. The summed E-state index contributed by atoms with van der Waals surface area (Å²) in [5.74, 6) is 0.541. The number of benzene rings is 2. The Balaban J connectivity index is 1.73. The summed E-state index contributed by atoms with van der Waals surface area (Å²) in [6.45, 7) is 0. The minimum absolute atomic E-state index is 0.435. The number of aliphatic imine (C=N–C) groups is 1. The van der Waals surface area contributed by atoms with E-state index in [1.807, 2.05) is 60.7 Å². The molecule has 3 N–H and O–H groups in total. The second-order valence-electron chi connectivity index (χ2n) is 6.91. The van der Waals surface area contributed by atoms with Crippen LogP contribution < -0.4 is 5.32 Å². The number of amidine groups is 1. The highest BCUT2D eigenvalue weighted by Gasteiger charge is 2.45. The van der Waals surface area contributed by atoms with Crippen molar-refractivity contribution in [3.63, 3.8) is 0 Å². The largest absolute Gasteiger partial charge is 0.492 e. The molecule has 0 aliphatic carbocycles. The van der Waals surface area contributed by atoms with Gasteiger partial charge in [0.15, 0.2) is 5.44 Å². The minimum Gasteiger partial charge on any atom is -0.425 e. The summed E-state index contributed by atoms with van der Waals surface area (Å²) in [5, 5.41) is 25.7. The standard InChI is InChI=1S/C22H17BN4O2/c28-23(29)22(12-14-25-21(27-22)17-5-2-1-3-6-17)18-11-10-16-9-8-15-7-4-13-24-19(15)20(16)26-18/h1-14,28-29H,(H,25,27). The Morgan fingerprint density at radius 2 is 1.59 bits per heavy atom. The summed E-state index contributed by atoms with van der Waals surface area (Å²) < 4.78 is 0. The van der Waals surface area contributed by atoms with E-state index in [2.05, 4.69) is 15.3 Å². The number of fused-ring (bicyclic) bond motifs is 3. The predicted octanol–water partition coefficient (Wildman–Crippen LogP) is 2.55. The summed E-state index contributed by atoms with van der Waals surface area (Å²) in [5.41, 5.74) is 1.31. The zero-order valence-electron chi connectivity index (χ0n) is 15.4. The van der Waals surface area contributed by atoms with Crippen LogP contribution in [0.15, 0.2) is 90.2 Å². The highest BCUT2D eigenvalue weighted by molar-refractivity contribution is 6.47. The zero-order chi connectivity index (χ0) is 19.8. The fraction of sp³-hybridized carbons (Fsp3) is 0.0455. The van der Waals surface area contributed by atoms with Crippen molar-refractivity contribution in [2.45, 2.75) is 5.44 Å². The molecule has 0 saturated heterocycles. The fourth-order valence-electron chi connectivity index (χ4n) is 3.61. The van der Waals surface area contributed by atoms with Crippen molar-refractivity contribution in [3.8, 4) is 0 Å². The Hall–Kier alpha value is -3.55. The topological polar surface area (TPSA) is 90.6 Å². The number of hydrogen-bond donors (Lipinski definition) is 3. The minimum atomic E-state index is -1.77. The zero-order valence-corrected chi connectivity index (χ0v) is 15.4. The van der Waals surface area contributed by atoms with E-state index in [0.717, 1.165) is 21.9 Å². The van der Waals surface area contributed by atoms with Gasteiger partial charge < -0.3 is 15.4 Å². The first-order chi connectivity index (χ1) is 14.2. The van der Waals surface area contributed by atoms with Crippen LogP contribution in [-0.4, -0.2) is 33.0 Å². The smallest absolute Gasteiger partial charge is 0.425 e. The van der Waals surface area contributed by atoms with Crippen LogP contribution in [0.1, 0.15) is 11.3 Å². The number of pyridine rings is 2. The van der Waals surface area contributed by atoms with Crippen LogP contribution in [0.2, 0.25) is 0 Å². The van der Waals surface area contributed by atoms with Gasteiger partial charge in [0.1, 0.15) is 5.84 Å². The normalized spacial score (nSPS) is 18.5. The summed E-state index contributed by atoms with van der Waals surface area (Å²) in [7, 11) is -1.77. The molecule has 7 heteroatoms. The van der Waals surface area contributed by atoms with Crippen LogP contribution in [-0.2, 0) is 5.44 Å². The van der Waals surface area contributed by atoms with Crippen molar-refractivity contribution in [3.05, 3.63) is 96.5 Å².